The maximum atomic E-state index is 5.60. The number of rotatable bonds is 2. The van der Waals surface area contributed by atoms with Crippen LogP contribution in [0.3, 0.4) is 0 Å². The van der Waals surface area contributed by atoms with Crippen molar-refractivity contribution in [2.75, 3.05) is 0 Å². The van der Waals surface area contributed by atoms with Gasteiger partial charge in [-0.1, -0.05) is 19.8 Å². The highest BCUT2D eigenvalue weighted by Gasteiger charge is 2.24. The van der Waals surface area contributed by atoms with Gasteiger partial charge >= 0.3 is 0 Å². The van der Waals surface area contributed by atoms with E-state index in [4.69, 9.17) is 5.73 Å². The molecule has 8 heavy (non-hydrogen) atoms. The Balaban J connectivity index is 1.98. The second-order valence-electron chi connectivity index (χ2n) is 2.89. The van der Waals surface area contributed by atoms with Gasteiger partial charge in [0.25, 0.3) is 0 Å². The van der Waals surface area contributed by atoms with Crippen molar-refractivity contribution in [2.45, 2.75) is 38.6 Å². The lowest BCUT2D eigenvalue weighted by Crippen LogP contribution is -2.35. The highest BCUT2D eigenvalue weighted by atomic mass is 14.7. The quantitative estimate of drug-likeness (QED) is 0.577. The molecule has 0 aromatic rings. The highest BCUT2D eigenvalue weighted by Crippen LogP contribution is 2.29. The largest absolute Gasteiger partial charge is 0.328 e. The standard InChI is InChI=1S/C7H15N/c1-2-3-6-4-7(8)5-6/h6-7H,2-5,8H2,1H3. The first-order valence-corrected chi connectivity index (χ1v) is 3.58. The van der Waals surface area contributed by atoms with Gasteiger partial charge in [0.1, 0.15) is 0 Å². The molecule has 0 radical (unpaired) electrons. The summed E-state index contributed by atoms with van der Waals surface area (Å²) in [7, 11) is 0. The SMILES string of the molecule is CCCC1CC(N)C1. The van der Waals surface area contributed by atoms with Crippen LogP contribution in [0.4, 0.5) is 0 Å². The van der Waals surface area contributed by atoms with E-state index in [1.54, 1.807) is 0 Å². The van der Waals surface area contributed by atoms with Crippen molar-refractivity contribution in [2.24, 2.45) is 11.7 Å². The van der Waals surface area contributed by atoms with E-state index in [-0.39, 0.29) is 0 Å². The third-order valence-electron chi connectivity index (χ3n) is 1.97. The summed E-state index contributed by atoms with van der Waals surface area (Å²) in [4.78, 5) is 0. The number of nitrogens with two attached hydrogens (primary N) is 1. The van der Waals surface area contributed by atoms with Crippen LogP contribution in [0.5, 0.6) is 0 Å². The van der Waals surface area contributed by atoms with E-state index in [1.807, 2.05) is 0 Å². The van der Waals surface area contributed by atoms with Crippen LogP contribution < -0.4 is 5.73 Å². The summed E-state index contributed by atoms with van der Waals surface area (Å²) in [6.07, 6.45) is 5.30. The van der Waals surface area contributed by atoms with Crippen molar-refractivity contribution >= 4 is 0 Å². The minimum absolute atomic E-state index is 0.548. The monoisotopic (exact) mass is 113 g/mol. The summed E-state index contributed by atoms with van der Waals surface area (Å²) in [5.41, 5.74) is 5.60. The van der Waals surface area contributed by atoms with E-state index >= 15 is 0 Å². The number of hydrogen-bond donors (Lipinski definition) is 1. The summed E-state index contributed by atoms with van der Waals surface area (Å²) in [5, 5.41) is 0. The van der Waals surface area contributed by atoms with Crippen molar-refractivity contribution in [3.8, 4) is 0 Å². The maximum absolute atomic E-state index is 5.60. The average Bonchev–Trinajstić information content (AvgIpc) is 1.64. The van der Waals surface area contributed by atoms with Crippen molar-refractivity contribution in [1.82, 2.24) is 0 Å². The summed E-state index contributed by atoms with van der Waals surface area (Å²) in [6.45, 7) is 2.24. The fraction of sp³-hybridized carbons (Fsp3) is 1.00. The van der Waals surface area contributed by atoms with Crippen LogP contribution in [0.2, 0.25) is 0 Å². The van der Waals surface area contributed by atoms with Gasteiger partial charge in [-0.25, -0.2) is 0 Å². The van der Waals surface area contributed by atoms with Gasteiger partial charge in [0.15, 0.2) is 0 Å². The normalized spacial score (nSPS) is 36.8. The summed E-state index contributed by atoms with van der Waals surface area (Å²) in [6, 6.07) is 0.548. The van der Waals surface area contributed by atoms with Crippen LogP contribution in [0, 0.1) is 5.92 Å². The predicted octanol–water partition coefficient (Wildman–Crippen LogP) is 1.52. The molecule has 0 atom stereocenters. The summed E-state index contributed by atoms with van der Waals surface area (Å²) < 4.78 is 0. The molecule has 1 nitrogen and oxygen atoms in total. The molecule has 1 aliphatic rings. The van der Waals surface area contributed by atoms with E-state index in [0.29, 0.717) is 6.04 Å². The van der Waals surface area contributed by atoms with Crippen LogP contribution in [0.1, 0.15) is 32.6 Å². The van der Waals surface area contributed by atoms with Gasteiger partial charge in [0, 0.05) is 6.04 Å². The molecule has 1 heteroatoms. The topological polar surface area (TPSA) is 26.0 Å². The van der Waals surface area contributed by atoms with Crippen LogP contribution >= 0.6 is 0 Å². The van der Waals surface area contributed by atoms with Crippen LogP contribution in [0.25, 0.3) is 0 Å². The van der Waals surface area contributed by atoms with E-state index in [2.05, 4.69) is 6.92 Å². The number of hydrogen-bond acceptors (Lipinski definition) is 1. The first-order chi connectivity index (χ1) is 3.83. The van der Waals surface area contributed by atoms with Crippen LogP contribution in [-0.2, 0) is 0 Å². The second kappa shape index (κ2) is 2.49. The van der Waals surface area contributed by atoms with Crippen molar-refractivity contribution in [3.63, 3.8) is 0 Å². The zero-order chi connectivity index (χ0) is 5.98. The first kappa shape index (κ1) is 6.09. The Morgan fingerprint density at radius 3 is 2.50 bits per heavy atom. The van der Waals surface area contributed by atoms with Gasteiger partial charge in [0.2, 0.25) is 0 Å². The predicted molar refractivity (Wildman–Crippen MR) is 35.6 cm³/mol. The molecule has 1 aliphatic carbocycles. The zero-order valence-electron chi connectivity index (χ0n) is 5.56. The Morgan fingerprint density at radius 1 is 1.50 bits per heavy atom. The Morgan fingerprint density at radius 2 is 2.12 bits per heavy atom. The molecule has 2 N–H and O–H groups in total. The lowest BCUT2D eigenvalue weighted by molar-refractivity contribution is 0.248. The first-order valence-electron chi connectivity index (χ1n) is 3.58. The van der Waals surface area contributed by atoms with Crippen molar-refractivity contribution < 1.29 is 0 Å². The fourth-order valence-electron chi connectivity index (χ4n) is 1.43. The molecule has 0 aromatic carbocycles. The van der Waals surface area contributed by atoms with Gasteiger partial charge < -0.3 is 5.73 Å². The third-order valence-corrected chi connectivity index (χ3v) is 1.97. The third kappa shape index (κ3) is 1.22. The zero-order valence-corrected chi connectivity index (χ0v) is 5.56. The van der Waals surface area contributed by atoms with E-state index in [9.17, 15) is 0 Å². The lowest BCUT2D eigenvalue weighted by Gasteiger charge is -2.31. The molecular weight excluding hydrogens is 98.1 g/mol. The molecule has 0 amide bonds. The maximum Gasteiger partial charge on any atom is 0.00441 e. The summed E-state index contributed by atoms with van der Waals surface area (Å²) in [5.74, 6) is 0.981. The second-order valence-corrected chi connectivity index (χ2v) is 2.89. The van der Waals surface area contributed by atoms with Gasteiger partial charge in [0.05, 0.1) is 0 Å². The minimum atomic E-state index is 0.548. The molecule has 1 saturated carbocycles. The molecule has 0 aromatic heterocycles. The molecule has 1 fully saturated rings. The molecule has 0 aliphatic heterocycles. The molecular formula is C7H15N. The van der Waals surface area contributed by atoms with E-state index in [0.717, 1.165) is 5.92 Å². The molecule has 48 valence electrons. The fourth-order valence-corrected chi connectivity index (χ4v) is 1.43. The lowest BCUT2D eigenvalue weighted by atomic mass is 9.78. The summed E-state index contributed by atoms with van der Waals surface area (Å²) >= 11 is 0. The van der Waals surface area contributed by atoms with Gasteiger partial charge in [-0.2, -0.15) is 0 Å². The minimum Gasteiger partial charge on any atom is -0.328 e. The Labute approximate surface area is 51.3 Å². The van der Waals surface area contributed by atoms with Crippen LogP contribution in [0.15, 0.2) is 0 Å². The molecule has 0 saturated heterocycles. The average molecular weight is 113 g/mol. The smallest absolute Gasteiger partial charge is 0.00441 e. The molecule has 0 heterocycles. The van der Waals surface area contributed by atoms with Gasteiger partial charge in [-0.3, -0.25) is 0 Å². The molecule has 0 spiro atoms. The van der Waals surface area contributed by atoms with Crippen molar-refractivity contribution in [1.29, 1.82) is 0 Å². The van der Waals surface area contributed by atoms with Gasteiger partial charge in [-0.05, 0) is 18.8 Å². The molecule has 0 unspecified atom stereocenters. The highest BCUT2D eigenvalue weighted by molar-refractivity contribution is 4.81. The van der Waals surface area contributed by atoms with E-state index < -0.39 is 0 Å². The molecule has 0 bridgehead atoms. The van der Waals surface area contributed by atoms with Gasteiger partial charge in [-0.15, -0.1) is 0 Å². The van der Waals surface area contributed by atoms with Crippen molar-refractivity contribution in [3.05, 3.63) is 0 Å². The Bertz CT molecular complexity index is 62.0. The Hall–Kier alpha value is -0.0400. The molecule has 1 rings (SSSR count). The van der Waals surface area contributed by atoms with E-state index in [1.165, 1.54) is 25.7 Å². The Kier molecular flexibility index (Phi) is 1.90. The van der Waals surface area contributed by atoms with Crippen LogP contribution in [-0.4, -0.2) is 6.04 Å².